The number of carbonyl (C=O) groups excluding carboxylic acids is 3. The minimum absolute atomic E-state index is 0.0738. The number of carbonyl (C=O) groups is 3. The van der Waals surface area contributed by atoms with Crippen molar-refractivity contribution in [1.82, 2.24) is 9.80 Å². The summed E-state index contributed by atoms with van der Waals surface area (Å²) in [5.41, 5.74) is -0.404. The summed E-state index contributed by atoms with van der Waals surface area (Å²) in [5.74, 6) is -0.486. The highest BCUT2D eigenvalue weighted by atomic mass is 16.5. The van der Waals surface area contributed by atoms with Gasteiger partial charge in [0, 0.05) is 31.1 Å². The third-order valence-electron chi connectivity index (χ3n) is 5.78. The Morgan fingerprint density at radius 3 is 2.22 bits per heavy atom. The zero-order chi connectivity index (χ0) is 20.2. The molecule has 0 radical (unpaired) electrons. The number of esters is 1. The second-order valence-electron chi connectivity index (χ2n) is 8.99. The molecule has 0 bridgehead atoms. The van der Waals surface area contributed by atoms with Crippen LogP contribution in [0.3, 0.4) is 0 Å². The molecule has 2 fully saturated rings. The Morgan fingerprint density at radius 1 is 1.04 bits per heavy atom. The molecule has 0 spiro atoms. The Labute approximate surface area is 163 Å². The van der Waals surface area contributed by atoms with Crippen molar-refractivity contribution in [2.75, 3.05) is 19.6 Å². The van der Waals surface area contributed by atoms with Gasteiger partial charge in [-0.2, -0.15) is 0 Å². The van der Waals surface area contributed by atoms with Gasteiger partial charge in [-0.25, -0.2) is 0 Å². The van der Waals surface area contributed by atoms with Crippen molar-refractivity contribution >= 4 is 17.8 Å². The zero-order valence-corrected chi connectivity index (χ0v) is 17.6. The molecule has 6 nitrogen and oxygen atoms in total. The lowest BCUT2D eigenvalue weighted by Gasteiger charge is -2.37. The molecule has 2 rings (SSSR count). The molecular formula is C21H36N2O4. The third-order valence-corrected chi connectivity index (χ3v) is 5.78. The maximum Gasteiger partial charge on any atom is 0.309 e. The minimum atomic E-state index is -0.737. The van der Waals surface area contributed by atoms with Crippen molar-refractivity contribution in [3.8, 4) is 0 Å². The average Bonchev–Trinajstić information content (AvgIpc) is 2.66. The van der Waals surface area contributed by atoms with Crippen LogP contribution in [0.1, 0.15) is 73.1 Å². The molecule has 0 aromatic heterocycles. The average molecular weight is 381 g/mol. The summed E-state index contributed by atoms with van der Waals surface area (Å²) in [6.07, 6.45) is 4.60. The van der Waals surface area contributed by atoms with Crippen LogP contribution < -0.4 is 0 Å². The molecule has 2 aliphatic heterocycles. The molecule has 2 atom stereocenters. The molecule has 0 aromatic rings. The van der Waals surface area contributed by atoms with Crippen LogP contribution in [0.4, 0.5) is 0 Å². The lowest BCUT2D eigenvalue weighted by molar-refractivity contribution is -0.165. The summed E-state index contributed by atoms with van der Waals surface area (Å²) in [7, 11) is 0. The molecule has 2 aliphatic rings. The summed E-state index contributed by atoms with van der Waals surface area (Å²) in [5, 5.41) is 0. The number of rotatable bonds is 4. The second-order valence-corrected chi connectivity index (χ2v) is 8.99. The van der Waals surface area contributed by atoms with E-state index in [1.807, 2.05) is 30.6 Å². The monoisotopic (exact) mass is 380 g/mol. The highest BCUT2D eigenvalue weighted by molar-refractivity contribution is 5.85. The predicted octanol–water partition coefficient (Wildman–Crippen LogP) is 2.99. The van der Waals surface area contributed by atoms with Crippen molar-refractivity contribution in [2.45, 2.75) is 85.3 Å². The maximum atomic E-state index is 12.7. The van der Waals surface area contributed by atoms with Crippen LogP contribution in [0.15, 0.2) is 0 Å². The molecule has 0 saturated carbocycles. The van der Waals surface area contributed by atoms with Gasteiger partial charge < -0.3 is 14.5 Å². The molecule has 0 aliphatic carbocycles. The van der Waals surface area contributed by atoms with Gasteiger partial charge in [0.2, 0.25) is 5.91 Å². The van der Waals surface area contributed by atoms with E-state index in [-0.39, 0.29) is 29.7 Å². The molecule has 2 amide bonds. The Balaban J connectivity index is 1.85. The Morgan fingerprint density at radius 2 is 1.67 bits per heavy atom. The Bertz CT molecular complexity index is 547. The van der Waals surface area contributed by atoms with Crippen molar-refractivity contribution < 1.29 is 19.1 Å². The van der Waals surface area contributed by atoms with E-state index >= 15 is 0 Å². The first-order chi connectivity index (χ1) is 12.6. The fourth-order valence-corrected chi connectivity index (χ4v) is 4.06. The number of piperidine rings is 2. The van der Waals surface area contributed by atoms with E-state index in [1.165, 1.54) is 0 Å². The van der Waals surface area contributed by atoms with E-state index in [9.17, 15) is 14.4 Å². The molecule has 27 heavy (non-hydrogen) atoms. The van der Waals surface area contributed by atoms with Crippen molar-refractivity contribution in [1.29, 1.82) is 0 Å². The topological polar surface area (TPSA) is 66.9 Å². The minimum Gasteiger partial charge on any atom is -0.452 e. The summed E-state index contributed by atoms with van der Waals surface area (Å²) < 4.78 is 5.53. The van der Waals surface area contributed by atoms with Gasteiger partial charge in [0.15, 0.2) is 6.10 Å². The maximum absolute atomic E-state index is 12.7. The van der Waals surface area contributed by atoms with Gasteiger partial charge in [0.05, 0.1) is 5.92 Å². The molecule has 6 heteroatoms. The number of nitrogens with zero attached hydrogens (tertiary/aromatic N) is 2. The lowest BCUT2D eigenvalue weighted by Crippen LogP contribution is -2.49. The van der Waals surface area contributed by atoms with Crippen molar-refractivity contribution in [2.24, 2.45) is 11.3 Å². The van der Waals surface area contributed by atoms with Crippen molar-refractivity contribution in [3.63, 3.8) is 0 Å². The molecule has 154 valence electrons. The molecule has 0 N–H and O–H groups in total. The van der Waals surface area contributed by atoms with Gasteiger partial charge >= 0.3 is 5.97 Å². The largest absolute Gasteiger partial charge is 0.452 e. The van der Waals surface area contributed by atoms with E-state index in [1.54, 1.807) is 6.92 Å². The smallest absolute Gasteiger partial charge is 0.309 e. The summed E-state index contributed by atoms with van der Waals surface area (Å²) in [4.78, 5) is 41.3. The molecular weight excluding hydrogens is 344 g/mol. The van der Waals surface area contributed by atoms with Gasteiger partial charge in [0.25, 0.3) is 5.91 Å². The molecule has 2 heterocycles. The van der Waals surface area contributed by atoms with Gasteiger partial charge in [-0.05, 0) is 45.4 Å². The second kappa shape index (κ2) is 9.07. The number of amides is 2. The number of hydrogen-bond donors (Lipinski definition) is 0. The highest BCUT2D eigenvalue weighted by Gasteiger charge is 2.35. The number of ether oxygens (including phenoxy) is 1. The molecule has 0 aromatic carbocycles. The van der Waals surface area contributed by atoms with E-state index in [4.69, 9.17) is 4.74 Å². The highest BCUT2D eigenvalue weighted by Crippen LogP contribution is 2.25. The SMILES string of the molecule is CCC1CCCCN1C(=O)C(C)OC(=O)C1CCN(C(=O)C(C)(C)C)CC1. The molecule has 2 unspecified atom stereocenters. The van der Waals surface area contributed by atoms with Crippen LogP contribution in [0.5, 0.6) is 0 Å². The quantitative estimate of drug-likeness (QED) is 0.703. The van der Waals surface area contributed by atoms with E-state index < -0.39 is 11.5 Å². The Hall–Kier alpha value is -1.59. The molecule has 2 saturated heterocycles. The van der Waals surface area contributed by atoms with Crippen molar-refractivity contribution in [3.05, 3.63) is 0 Å². The first kappa shape index (κ1) is 21.7. The van der Waals surface area contributed by atoms with Crippen LogP contribution in [0.25, 0.3) is 0 Å². The Kier molecular flexibility index (Phi) is 7.29. The summed E-state index contributed by atoms with van der Waals surface area (Å²) >= 11 is 0. The summed E-state index contributed by atoms with van der Waals surface area (Å²) in [6, 6.07) is 0.263. The standard InChI is InChI=1S/C21H36N2O4/c1-6-17-9-7-8-12-23(17)18(24)15(2)27-19(25)16-10-13-22(14-11-16)20(26)21(3,4)5/h15-17H,6-14H2,1-5H3. The van der Waals surface area contributed by atoms with Crippen LogP contribution in [0, 0.1) is 11.3 Å². The first-order valence-electron chi connectivity index (χ1n) is 10.5. The van der Waals surface area contributed by atoms with Gasteiger partial charge in [-0.15, -0.1) is 0 Å². The fraction of sp³-hybridized carbons (Fsp3) is 0.857. The van der Waals surface area contributed by atoms with Gasteiger partial charge in [0.1, 0.15) is 0 Å². The van der Waals surface area contributed by atoms with Crippen LogP contribution in [-0.2, 0) is 19.1 Å². The van der Waals surface area contributed by atoms with E-state index in [0.717, 1.165) is 32.2 Å². The van der Waals surface area contributed by atoms with Crippen LogP contribution in [-0.4, -0.2) is 59.4 Å². The van der Waals surface area contributed by atoms with Gasteiger partial charge in [-0.1, -0.05) is 27.7 Å². The van der Waals surface area contributed by atoms with E-state index in [2.05, 4.69) is 6.92 Å². The van der Waals surface area contributed by atoms with Crippen LogP contribution >= 0.6 is 0 Å². The lowest BCUT2D eigenvalue weighted by atomic mass is 9.91. The number of hydrogen-bond acceptors (Lipinski definition) is 4. The third kappa shape index (κ3) is 5.45. The number of likely N-dealkylation sites (tertiary alicyclic amines) is 2. The first-order valence-corrected chi connectivity index (χ1v) is 10.5. The fourth-order valence-electron chi connectivity index (χ4n) is 4.06. The van der Waals surface area contributed by atoms with Crippen LogP contribution in [0.2, 0.25) is 0 Å². The normalized spacial score (nSPS) is 23.1. The van der Waals surface area contributed by atoms with Gasteiger partial charge in [-0.3, -0.25) is 14.4 Å². The summed E-state index contributed by atoms with van der Waals surface area (Å²) in [6.45, 7) is 11.4. The zero-order valence-electron chi connectivity index (χ0n) is 17.6. The van der Waals surface area contributed by atoms with E-state index in [0.29, 0.717) is 25.9 Å². The predicted molar refractivity (Wildman–Crippen MR) is 104 cm³/mol.